The molecule has 0 aliphatic carbocycles. The summed E-state index contributed by atoms with van der Waals surface area (Å²) in [5.74, 6) is -0.453. The normalized spacial score (nSPS) is 12.3. The topological polar surface area (TPSA) is 17.8 Å². The van der Waals surface area contributed by atoms with E-state index in [4.69, 9.17) is 11.6 Å². The fraction of sp³-hybridized carbons (Fsp3) is 0.533. The minimum absolute atomic E-state index is 0.178. The lowest BCUT2D eigenvalue weighted by Crippen LogP contribution is -2.32. The van der Waals surface area contributed by atoms with Gasteiger partial charge < -0.3 is 4.57 Å². The van der Waals surface area contributed by atoms with Crippen molar-refractivity contribution in [3.05, 3.63) is 29.6 Å². The molecule has 0 N–H and O–H groups in total. The average Bonchev–Trinajstić information content (AvgIpc) is 2.81. The van der Waals surface area contributed by atoms with Crippen LogP contribution in [-0.2, 0) is 11.4 Å². The van der Waals surface area contributed by atoms with Crippen LogP contribution in [0.1, 0.15) is 45.9 Å². The van der Waals surface area contributed by atoms with Gasteiger partial charge in [-0.1, -0.05) is 20.8 Å². The molecule has 2 aromatic rings. The summed E-state index contributed by atoms with van der Waals surface area (Å²) in [6, 6.07) is 2.21. The van der Waals surface area contributed by atoms with E-state index in [0.717, 1.165) is 25.3 Å². The predicted octanol–water partition coefficient (Wildman–Crippen LogP) is 4.98. The van der Waals surface area contributed by atoms with Crippen LogP contribution in [0.25, 0.3) is 11.0 Å². The van der Waals surface area contributed by atoms with E-state index in [0.29, 0.717) is 11.3 Å². The lowest BCUT2D eigenvalue weighted by atomic mass is 9.89. The van der Waals surface area contributed by atoms with Crippen molar-refractivity contribution in [3.63, 3.8) is 0 Å². The highest BCUT2D eigenvalue weighted by Crippen LogP contribution is 2.35. The maximum absolute atomic E-state index is 13.9. The maximum atomic E-state index is 13.9. The van der Waals surface area contributed by atoms with E-state index in [9.17, 15) is 8.78 Å². The number of nitrogens with zero attached hydrogens (tertiary/aromatic N) is 2. The molecule has 1 aromatic carbocycles. The third kappa shape index (κ3) is 2.20. The maximum Gasteiger partial charge on any atom is 0.153 e. The van der Waals surface area contributed by atoms with E-state index in [1.807, 2.05) is 4.57 Å². The molecule has 0 bridgehead atoms. The largest absolute Gasteiger partial charge is 0.321 e. The first kappa shape index (κ1) is 15.2. The summed E-state index contributed by atoms with van der Waals surface area (Å²) in [5, 5.41) is 0. The van der Waals surface area contributed by atoms with E-state index in [-0.39, 0.29) is 16.9 Å². The van der Waals surface area contributed by atoms with Gasteiger partial charge in [-0.2, -0.15) is 0 Å². The van der Waals surface area contributed by atoms with Gasteiger partial charge in [0, 0.05) is 11.6 Å². The zero-order valence-corrected chi connectivity index (χ0v) is 12.8. The Kier molecular flexibility index (Phi) is 4.33. The Morgan fingerprint density at radius 1 is 1.15 bits per heavy atom. The Labute approximate surface area is 122 Å². The second-order valence-corrected chi connectivity index (χ2v) is 5.30. The number of fused-ring (bicyclic) bond motifs is 1. The molecule has 2 nitrogen and oxygen atoms in total. The predicted molar refractivity (Wildman–Crippen MR) is 78.1 cm³/mol. The molecular formula is C15H19ClF2N2. The number of hydrogen-bond acceptors (Lipinski definition) is 1. The molecular weight excluding hydrogens is 282 g/mol. The monoisotopic (exact) mass is 300 g/mol. The molecule has 0 atom stereocenters. The van der Waals surface area contributed by atoms with Gasteiger partial charge in [0.05, 0.1) is 11.4 Å². The fourth-order valence-electron chi connectivity index (χ4n) is 2.99. The van der Waals surface area contributed by atoms with Crippen molar-refractivity contribution >= 4 is 22.6 Å². The van der Waals surface area contributed by atoms with Gasteiger partial charge >= 0.3 is 0 Å². The lowest BCUT2D eigenvalue weighted by molar-refractivity contribution is 0.252. The molecule has 0 aliphatic heterocycles. The van der Waals surface area contributed by atoms with Crippen molar-refractivity contribution in [2.24, 2.45) is 0 Å². The van der Waals surface area contributed by atoms with Gasteiger partial charge in [0.15, 0.2) is 5.82 Å². The zero-order chi connectivity index (χ0) is 14.9. The van der Waals surface area contributed by atoms with Crippen molar-refractivity contribution in [1.29, 1.82) is 0 Å². The second-order valence-electron chi connectivity index (χ2n) is 5.04. The van der Waals surface area contributed by atoms with Crippen molar-refractivity contribution < 1.29 is 8.78 Å². The lowest BCUT2D eigenvalue weighted by Gasteiger charge is -2.34. The molecule has 0 amide bonds. The summed E-state index contributed by atoms with van der Waals surface area (Å²) < 4.78 is 29.4. The molecule has 0 radical (unpaired) electrons. The van der Waals surface area contributed by atoms with Crippen LogP contribution in [0.4, 0.5) is 8.78 Å². The minimum Gasteiger partial charge on any atom is -0.321 e. The average molecular weight is 301 g/mol. The number of hydrogen-bond donors (Lipinski definition) is 0. The smallest absolute Gasteiger partial charge is 0.153 e. The van der Waals surface area contributed by atoms with E-state index in [1.165, 1.54) is 6.07 Å². The van der Waals surface area contributed by atoms with Crippen LogP contribution < -0.4 is 0 Å². The number of halogens is 3. The molecule has 0 saturated heterocycles. The van der Waals surface area contributed by atoms with Crippen molar-refractivity contribution in [3.8, 4) is 0 Å². The molecule has 1 heterocycles. The van der Waals surface area contributed by atoms with Crippen molar-refractivity contribution in [2.75, 3.05) is 0 Å². The standard InChI is InChI=1S/C15H19ClF2N2/c1-4-15(5-2,6-3)20-12-8-10(17)7-11(18)14(12)19-13(20)9-16/h7-8H,4-6,9H2,1-3H3. The Bertz CT molecular complexity index is 610. The molecule has 0 unspecified atom stereocenters. The summed E-state index contributed by atoms with van der Waals surface area (Å²) in [6.07, 6.45) is 2.56. The van der Waals surface area contributed by atoms with Crippen LogP contribution in [0, 0.1) is 11.6 Å². The quantitative estimate of drug-likeness (QED) is 0.712. The third-order valence-corrected chi connectivity index (χ3v) is 4.56. The molecule has 0 aliphatic rings. The zero-order valence-electron chi connectivity index (χ0n) is 12.0. The van der Waals surface area contributed by atoms with Gasteiger partial charge in [0.2, 0.25) is 0 Å². The van der Waals surface area contributed by atoms with Gasteiger partial charge in [0.1, 0.15) is 17.2 Å². The summed E-state index contributed by atoms with van der Waals surface area (Å²) >= 11 is 5.97. The molecule has 0 spiro atoms. The fourth-order valence-corrected chi connectivity index (χ4v) is 3.17. The molecule has 2 rings (SSSR count). The van der Waals surface area contributed by atoms with Gasteiger partial charge in [-0.05, 0) is 25.3 Å². The summed E-state index contributed by atoms with van der Waals surface area (Å²) in [4.78, 5) is 4.27. The Morgan fingerprint density at radius 2 is 1.75 bits per heavy atom. The first-order valence-corrected chi connectivity index (χ1v) is 7.49. The van der Waals surface area contributed by atoms with E-state index in [2.05, 4.69) is 25.8 Å². The second kappa shape index (κ2) is 5.68. The Balaban J connectivity index is 2.85. The summed E-state index contributed by atoms with van der Waals surface area (Å²) in [6.45, 7) is 6.23. The molecule has 20 heavy (non-hydrogen) atoms. The highest BCUT2D eigenvalue weighted by atomic mass is 35.5. The van der Waals surface area contributed by atoms with Crippen LogP contribution in [-0.4, -0.2) is 9.55 Å². The highest BCUT2D eigenvalue weighted by Gasteiger charge is 2.31. The molecule has 110 valence electrons. The third-order valence-electron chi connectivity index (χ3n) is 4.32. The molecule has 0 fully saturated rings. The first-order chi connectivity index (χ1) is 9.52. The number of aromatic nitrogens is 2. The number of benzene rings is 1. The first-order valence-electron chi connectivity index (χ1n) is 6.95. The van der Waals surface area contributed by atoms with E-state index < -0.39 is 11.6 Å². The van der Waals surface area contributed by atoms with Gasteiger partial charge in [-0.3, -0.25) is 0 Å². The highest BCUT2D eigenvalue weighted by molar-refractivity contribution is 6.16. The van der Waals surface area contributed by atoms with Crippen molar-refractivity contribution in [2.45, 2.75) is 51.5 Å². The van der Waals surface area contributed by atoms with Crippen LogP contribution in [0.2, 0.25) is 0 Å². The SMILES string of the molecule is CCC(CC)(CC)n1c(CCl)nc2c(F)cc(F)cc21. The van der Waals surface area contributed by atoms with Crippen LogP contribution in [0.5, 0.6) is 0 Å². The van der Waals surface area contributed by atoms with Gasteiger partial charge in [-0.25, -0.2) is 13.8 Å². The minimum atomic E-state index is -0.637. The number of rotatable bonds is 5. The van der Waals surface area contributed by atoms with Gasteiger partial charge in [0.25, 0.3) is 0 Å². The van der Waals surface area contributed by atoms with E-state index in [1.54, 1.807) is 0 Å². The molecule has 0 saturated carbocycles. The summed E-state index contributed by atoms with van der Waals surface area (Å²) in [7, 11) is 0. The van der Waals surface area contributed by atoms with Crippen molar-refractivity contribution in [1.82, 2.24) is 9.55 Å². The molecule has 1 aromatic heterocycles. The van der Waals surface area contributed by atoms with Crippen LogP contribution in [0.3, 0.4) is 0 Å². The van der Waals surface area contributed by atoms with E-state index >= 15 is 0 Å². The van der Waals surface area contributed by atoms with Crippen LogP contribution >= 0.6 is 11.6 Å². The van der Waals surface area contributed by atoms with Crippen LogP contribution in [0.15, 0.2) is 12.1 Å². The summed E-state index contributed by atoms with van der Waals surface area (Å²) in [5.41, 5.74) is 0.477. The number of imidazole rings is 1. The molecule has 5 heteroatoms. The number of alkyl halides is 1. The van der Waals surface area contributed by atoms with Gasteiger partial charge in [-0.15, -0.1) is 11.6 Å². The Hall–Kier alpha value is -1.16. The Morgan fingerprint density at radius 3 is 2.25 bits per heavy atom.